The van der Waals surface area contributed by atoms with E-state index in [9.17, 15) is 9.90 Å². The van der Waals surface area contributed by atoms with Crippen LogP contribution in [0.1, 0.15) is 32.6 Å². The molecule has 3 nitrogen and oxygen atoms in total. The number of carbonyl (C=O) groups excluding carboxylic acids is 1. The molecule has 1 fully saturated rings. The van der Waals surface area contributed by atoms with Crippen LogP contribution in [0.25, 0.3) is 0 Å². The van der Waals surface area contributed by atoms with E-state index in [4.69, 9.17) is 11.6 Å². The molecule has 1 saturated heterocycles. The Morgan fingerprint density at radius 1 is 1.65 bits per heavy atom. The molecule has 110 valence electrons. The quantitative estimate of drug-likeness (QED) is 0.348. The third-order valence-electron chi connectivity index (χ3n) is 4.68. The fourth-order valence-electron chi connectivity index (χ4n) is 3.59. The van der Waals surface area contributed by atoms with Crippen LogP contribution in [0.5, 0.6) is 0 Å². The number of hydrogen-bond donors (Lipinski definition) is 2. The number of halogens is 1. The zero-order chi connectivity index (χ0) is 14.3. The monoisotopic (exact) mass is 361 g/mol. The second-order valence-corrected chi connectivity index (χ2v) is 9.30. The summed E-state index contributed by atoms with van der Waals surface area (Å²) in [6, 6.07) is 0.0269. The Labute approximate surface area is 131 Å². The molecule has 1 amide bonds. The van der Waals surface area contributed by atoms with Crippen molar-refractivity contribution < 1.29 is 9.90 Å². The first-order valence-electron chi connectivity index (χ1n) is 7.21. The standard InChI is InChI=1S/C15H20ClNO2Se/c1-9-11(7-8-16)12-15(20-9,14(19)17-12)13(18)10-5-3-2-4-6-10/h3,5,10,12-13,18H,2,4,6-8H2,1H3,(H,17,19)/t10?,12-,13-,15-/m0/s1. The van der Waals surface area contributed by atoms with Gasteiger partial charge in [0, 0.05) is 0 Å². The van der Waals surface area contributed by atoms with Gasteiger partial charge in [-0.05, 0) is 0 Å². The Morgan fingerprint density at radius 2 is 2.45 bits per heavy atom. The summed E-state index contributed by atoms with van der Waals surface area (Å²) in [7, 11) is 0. The molecule has 2 heterocycles. The summed E-state index contributed by atoms with van der Waals surface area (Å²) in [6.45, 7) is 2.10. The van der Waals surface area contributed by atoms with Gasteiger partial charge in [0.25, 0.3) is 0 Å². The molecule has 20 heavy (non-hydrogen) atoms. The molecule has 5 heteroatoms. The van der Waals surface area contributed by atoms with E-state index in [-0.39, 0.29) is 32.8 Å². The van der Waals surface area contributed by atoms with E-state index in [0.717, 1.165) is 25.7 Å². The van der Waals surface area contributed by atoms with Gasteiger partial charge in [-0.2, -0.15) is 0 Å². The zero-order valence-corrected chi connectivity index (χ0v) is 14.0. The van der Waals surface area contributed by atoms with Crippen molar-refractivity contribution in [1.29, 1.82) is 0 Å². The molecule has 0 bridgehead atoms. The Morgan fingerprint density at radius 3 is 3.05 bits per heavy atom. The molecule has 0 saturated carbocycles. The van der Waals surface area contributed by atoms with Crippen molar-refractivity contribution in [2.45, 2.75) is 49.1 Å². The number of aliphatic hydroxyl groups is 1. The number of hydrogen-bond acceptors (Lipinski definition) is 2. The van der Waals surface area contributed by atoms with Crippen LogP contribution < -0.4 is 5.32 Å². The minimum absolute atomic E-state index is 0.0269. The van der Waals surface area contributed by atoms with Gasteiger partial charge in [0.2, 0.25) is 0 Å². The number of allylic oxidation sites excluding steroid dienone is 2. The Hall–Kier alpha value is -0.281. The maximum absolute atomic E-state index is 12.3. The van der Waals surface area contributed by atoms with Crippen molar-refractivity contribution >= 4 is 32.5 Å². The van der Waals surface area contributed by atoms with E-state index < -0.39 is 10.4 Å². The van der Waals surface area contributed by atoms with Gasteiger partial charge in [-0.15, -0.1) is 0 Å². The van der Waals surface area contributed by atoms with Gasteiger partial charge >= 0.3 is 131 Å². The molecule has 2 aliphatic heterocycles. The van der Waals surface area contributed by atoms with E-state index in [2.05, 4.69) is 24.4 Å². The number of fused-ring (bicyclic) bond motifs is 1. The summed E-state index contributed by atoms with van der Waals surface area (Å²) in [5, 5.41) is 13.9. The predicted molar refractivity (Wildman–Crippen MR) is 80.9 cm³/mol. The molecule has 0 aromatic carbocycles. The fourth-order valence-corrected chi connectivity index (χ4v) is 7.20. The average Bonchev–Trinajstić information content (AvgIpc) is 2.69. The molecular weight excluding hydrogens is 341 g/mol. The molecule has 0 spiro atoms. The molecule has 0 aromatic rings. The third kappa shape index (κ3) is 2.00. The molecule has 3 rings (SSSR count). The van der Waals surface area contributed by atoms with E-state index in [1.54, 1.807) is 0 Å². The van der Waals surface area contributed by atoms with Crippen LogP contribution >= 0.6 is 11.6 Å². The molecule has 1 unspecified atom stereocenters. The summed E-state index contributed by atoms with van der Waals surface area (Å²) in [4.78, 5) is 12.3. The van der Waals surface area contributed by atoms with Gasteiger partial charge < -0.3 is 0 Å². The number of alkyl halides is 1. The van der Waals surface area contributed by atoms with E-state index in [1.165, 1.54) is 10.0 Å². The van der Waals surface area contributed by atoms with Crippen molar-refractivity contribution in [2.24, 2.45) is 5.92 Å². The first-order chi connectivity index (χ1) is 9.61. The number of nitrogens with one attached hydrogen (secondary N) is 1. The van der Waals surface area contributed by atoms with Crippen LogP contribution in [0.2, 0.25) is 4.31 Å². The van der Waals surface area contributed by atoms with Crippen molar-refractivity contribution in [2.75, 3.05) is 5.88 Å². The Kier molecular flexibility index (Phi) is 4.02. The second-order valence-electron chi connectivity index (χ2n) is 5.79. The van der Waals surface area contributed by atoms with Crippen molar-refractivity contribution in [1.82, 2.24) is 5.32 Å². The zero-order valence-electron chi connectivity index (χ0n) is 11.6. The van der Waals surface area contributed by atoms with Gasteiger partial charge in [0.15, 0.2) is 0 Å². The van der Waals surface area contributed by atoms with Crippen LogP contribution in [-0.2, 0) is 4.79 Å². The molecule has 2 N–H and O–H groups in total. The summed E-state index contributed by atoms with van der Waals surface area (Å²) >= 11 is 5.91. The SMILES string of the molecule is CC1=C(CCCl)[C@@H]2NC(=O)[C@]2([C@@H](O)C2C=CCCC2)[Se]1. The Bertz CT molecular complexity index is 490. The third-order valence-corrected chi connectivity index (χ3v) is 8.16. The van der Waals surface area contributed by atoms with Gasteiger partial charge in [-0.3, -0.25) is 0 Å². The molecule has 4 atom stereocenters. The maximum atomic E-state index is 12.3. The molecule has 1 aliphatic carbocycles. The molecular formula is C15H20ClNO2Se. The average molecular weight is 361 g/mol. The summed E-state index contributed by atoms with van der Waals surface area (Å²) in [5.41, 5.74) is 1.26. The second kappa shape index (κ2) is 5.49. The summed E-state index contributed by atoms with van der Waals surface area (Å²) in [5.74, 6) is 0.741. The van der Waals surface area contributed by atoms with Crippen LogP contribution in [0.4, 0.5) is 0 Å². The number of rotatable bonds is 4. The predicted octanol–water partition coefficient (Wildman–Crippen LogP) is 1.98. The summed E-state index contributed by atoms with van der Waals surface area (Å²) in [6.07, 6.45) is 7.69. The van der Waals surface area contributed by atoms with Crippen molar-refractivity contribution in [3.8, 4) is 0 Å². The van der Waals surface area contributed by atoms with Crippen LogP contribution in [0, 0.1) is 5.92 Å². The Balaban J connectivity index is 1.86. The van der Waals surface area contributed by atoms with Crippen LogP contribution in [0.3, 0.4) is 0 Å². The number of amides is 1. The molecule has 0 aromatic heterocycles. The number of carbonyl (C=O) groups is 1. The first-order valence-corrected chi connectivity index (χ1v) is 9.46. The molecule has 3 aliphatic rings. The van der Waals surface area contributed by atoms with E-state index in [0.29, 0.717) is 5.88 Å². The van der Waals surface area contributed by atoms with Crippen LogP contribution in [-0.4, -0.2) is 44.0 Å². The number of aliphatic hydroxyl groups excluding tert-OH is 1. The number of β-lactam (4-membered cyclic amide) rings is 1. The normalized spacial score (nSPS) is 37.5. The topological polar surface area (TPSA) is 49.3 Å². The van der Waals surface area contributed by atoms with Crippen molar-refractivity contribution in [3.63, 3.8) is 0 Å². The minimum atomic E-state index is -0.565. The van der Waals surface area contributed by atoms with Crippen LogP contribution in [0.15, 0.2) is 22.2 Å². The van der Waals surface area contributed by atoms with E-state index in [1.807, 2.05) is 0 Å². The fraction of sp³-hybridized carbons (Fsp3) is 0.667. The van der Waals surface area contributed by atoms with Gasteiger partial charge in [0.05, 0.1) is 0 Å². The van der Waals surface area contributed by atoms with Gasteiger partial charge in [0.1, 0.15) is 0 Å². The van der Waals surface area contributed by atoms with E-state index >= 15 is 0 Å². The van der Waals surface area contributed by atoms with Gasteiger partial charge in [-0.25, -0.2) is 0 Å². The van der Waals surface area contributed by atoms with Gasteiger partial charge in [-0.1, -0.05) is 0 Å². The first kappa shape index (κ1) is 14.6. The molecule has 0 radical (unpaired) electrons. The summed E-state index contributed by atoms with van der Waals surface area (Å²) < 4.78 is 0.727. The van der Waals surface area contributed by atoms with Crippen molar-refractivity contribution in [3.05, 3.63) is 22.2 Å².